The Labute approximate surface area is 158 Å². The molecule has 0 amide bonds. The fourth-order valence-electron chi connectivity index (χ4n) is 4.46. The third kappa shape index (κ3) is 1.74. The molecule has 0 aliphatic heterocycles. The maximum absolute atomic E-state index is 3.57. The minimum atomic E-state index is 1.20. The zero-order valence-electron chi connectivity index (χ0n) is 14.3. The molecule has 2 N–H and O–H groups in total. The fraction of sp³-hybridized carbons (Fsp3) is 0. The molecule has 3 aromatic heterocycles. The SMILES string of the molecule is c1ccc2c(c1)[nH]c1cc3sc4cc5[nH]c6ccccc6c5cc4c3cc12. The molecule has 0 bridgehead atoms. The van der Waals surface area contributed by atoms with E-state index in [1.54, 1.807) is 0 Å². The third-order valence-corrected chi connectivity index (χ3v) is 6.84. The van der Waals surface area contributed by atoms with Gasteiger partial charge in [-0.1, -0.05) is 36.4 Å². The Morgan fingerprint density at radius 2 is 0.926 bits per heavy atom. The van der Waals surface area contributed by atoms with Crippen molar-refractivity contribution in [2.75, 3.05) is 0 Å². The van der Waals surface area contributed by atoms with Crippen molar-refractivity contribution in [2.24, 2.45) is 0 Å². The lowest BCUT2D eigenvalue weighted by molar-refractivity contribution is 1.56. The van der Waals surface area contributed by atoms with Gasteiger partial charge in [-0.05, 0) is 36.4 Å². The highest BCUT2D eigenvalue weighted by Crippen LogP contribution is 2.41. The Morgan fingerprint density at radius 1 is 0.444 bits per heavy atom. The Morgan fingerprint density at radius 3 is 1.44 bits per heavy atom. The van der Waals surface area contributed by atoms with E-state index < -0.39 is 0 Å². The van der Waals surface area contributed by atoms with Gasteiger partial charge in [0.15, 0.2) is 0 Å². The van der Waals surface area contributed by atoms with E-state index >= 15 is 0 Å². The van der Waals surface area contributed by atoms with Crippen LogP contribution in [0.4, 0.5) is 0 Å². The van der Waals surface area contributed by atoms with E-state index in [1.807, 2.05) is 11.3 Å². The first-order valence-electron chi connectivity index (χ1n) is 9.12. The summed E-state index contributed by atoms with van der Waals surface area (Å²) in [6, 6.07) is 26.4. The van der Waals surface area contributed by atoms with E-state index in [9.17, 15) is 0 Å². The Bertz CT molecular complexity index is 1550. The first-order valence-corrected chi connectivity index (χ1v) is 9.94. The van der Waals surface area contributed by atoms with Gasteiger partial charge in [-0.25, -0.2) is 0 Å². The van der Waals surface area contributed by atoms with Crippen LogP contribution < -0.4 is 0 Å². The average molecular weight is 362 g/mol. The van der Waals surface area contributed by atoms with Crippen molar-refractivity contribution in [2.45, 2.75) is 0 Å². The summed E-state index contributed by atoms with van der Waals surface area (Å²) in [7, 11) is 0. The Hall–Kier alpha value is -3.30. The molecule has 7 aromatic rings. The molecular weight excluding hydrogens is 348 g/mol. The number of H-pyrrole nitrogens is 2. The van der Waals surface area contributed by atoms with Crippen molar-refractivity contribution < 1.29 is 0 Å². The van der Waals surface area contributed by atoms with E-state index in [-0.39, 0.29) is 0 Å². The number of aromatic nitrogens is 2. The van der Waals surface area contributed by atoms with Gasteiger partial charge in [0.1, 0.15) is 0 Å². The van der Waals surface area contributed by atoms with Crippen LogP contribution in [0.1, 0.15) is 0 Å². The third-order valence-electron chi connectivity index (χ3n) is 5.72. The van der Waals surface area contributed by atoms with Crippen LogP contribution in [0, 0.1) is 0 Å². The van der Waals surface area contributed by atoms with Crippen LogP contribution in [-0.4, -0.2) is 9.97 Å². The zero-order chi connectivity index (χ0) is 17.5. The molecule has 2 nitrogen and oxygen atoms in total. The summed E-state index contributed by atoms with van der Waals surface area (Å²) >= 11 is 1.87. The van der Waals surface area contributed by atoms with Gasteiger partial charge < -0.3 is 9.97 Å². The first kappa shape index (κ1) is 13.8. The van der Waals surface area contributed by atoms with Gasteiger partial charge in [-0.15, -0.1) is 11.3 Å². The highest BCUT2D eigenvalue weighted by atomic mass is 32.1. The minimum absolute atomic E-state index is 1.20. The number of hydrogen-bond donors (Lipinski definition) is 2. The summed E-state index contributed by atoms with van der Waals surface area (Å²) < 4.78 is 2.67. The number of para-hydroxylation sites is 2. The molecule has 4 aromatic carbocycles. The number of rotatable bonds is 0. The predicted molar refractivity (Wildman–Crippen MR) is 118 cm³/mol. The van der Waals surface area contributed by atoms with E-state index in [1.165, 1.54) is 63.8 Å². The van der Waals surface area contributed by atoms with Crippen LogP contribution in [-0.2, 0) is 0 Å². The van der Waals surface area contributed by atoms with Gasteiger partial charge in [0.25, 0.3) is 0 Å². The van der Waals surface area contributed by atoms with Crippen molar-refractivity contribution in [3.8, 4) is 0 Å². The van der Waals surface area contributed by atoms with Crippen LogP contribution in [0.3, 0.4) is 0 Å². The van der Waals surface area contributed by atoms with E-state index in [0.29, 0.717) is 0 Å². The second kappa shape index (κ2) is 4.70. The molecular formula is C24H14N2S. The van der Waals surface area contributed by atoms with Crippen LogP contribution in [0.25, 0.3) is 63.8 Å². The second-order valence-corrected chi connectivity index (χ2v) is 8.31. The van der Waals surface area contributed by atoms with Gasteiger partial charge in [0.05, 0.1) is 0 Å². The minimum Gasteiger partial charge on any atom is -0.354 e. The molecule has 3 heteroatoms. The molecule has 0 atom stereocenters. The quantitative estimate of drug-likeness (QED) is 0.283. The van der Waals surface area contributed by atoms with Gasteiger partial charge in [0, 0.05) is 63.8 Å². The van der Waals surface area contributed by atoms with E-state index in [0.717, 1.165) is 0 Å². The van der Waals surface area contributed by atoms with Crippen molar-refractivity contribution in [3.63, 3.8) is 0 Å². The molecule has 0 fully saturated rings. The molecule has 27 heavy (non-hydrogen) atoms. The van der Waals surface area contributed by atoms with Crippen molar-refractivity contribution in [1.29, 1.82) is 0 Å². The summed E-state index contributed by atoms with van der Waals surface area (Å²) in [6.07, 6.45) is 0. The summed E-state index contributed by atoms with van der Waals surface area (Å²) in [4.78, 5) is 7.13. The summed E-state index contributed by atoms with van der Waals surface area (Å²) in [5, 5.41) is 7.89. The summed E-state index contributed by atoms with van der Waals surface area (Å²) in [5.41, 5.74) is 4.83. The number of thiophene rings is 1. The number of nitrogens with one attached hydrogen (secondary N) is 2. The topological polar surface area (TPSA) is 31.6 Å². The molecule has 3 heterocycles. The maximum Gasteiger partial charge on any atom is 0.0479 e. The van der Waals surface area contributed by atoms with Crippen molar-refractivity contribution in [1.82, 2.24) is 9.97 Å². The highest BCUT2D eigenvalue weighted by Gasteiger charge is 2.12. The normalized spacial score (nSPS) is 12.4. The fourth-order valence-corrected chi connectivity index (χ4v) is 5.61. The van der Waals surface area contributed by atoms with Crippen LogP contribution >= 0.6 is 11.3 Å². The Balaban J connectivity index is 1.67. The lowest BCUT2D eigenvalue weighted by atomic mass is 10.1. The molecule has 0 unspecified atom stereocenters. The zero-order valence-corrected chi connectivity index (χ0v) is 15.2. The molecule has 126 valence electrons. The summed E-state index contributed by atoms with van der Waals surface area (Å²) in [5.74, 6) is 0. The molecule has 0 spiro atoms. The molecule has 0 saturated carbocycles. The van der Waals surface area contributed by atoms with E-state index in [2.05, 4.69) is 82.8 Å². The number of benzene rings is 4. The standard InChI is InChI=1S/C24H14N2S/c1-3-7-19-13(5-1)15-9-17-18-10-16-14-6-2-4-8-20(14)26-22(16)12-24(18)27-23(17)11-21(15)25-19/h1-12,25-26H. The number of aromatic amines is 2. The van der Waals surface area contributed by atoms with Crippen molar-refractivity contribution >= 4 is 75.1 Å². The molecule has 0 radical (unpaired) electrons. The van der Waals surface area contributed by atoms with Crippen LogP contribution in [0.5, 0.6) is 0 Å². The van der Waals surface area contributed by atoms with Gasteiger partial charge in [-0.2, -0.15) is 0 Å². The van der Waals surface area contributed by atoms with Crippen molar-refractivity contribution in [3.05, 3.63) is 72.8 Å². The average Bonchev–Trinajstić information content (AvgIpc) is 3.34. The number of hydrogen-bond acceptors (Lipinski definition) is 1. The van der Waals surface area contributed by atoms with Gasteiger partial charge in [0.2, 0.25) is 0 Å². The monoisotopic (exact) mass is 362 g/mol. The van der Waals surface area contributed by atoms with Gasteiger partial charge in [-0.3, -0.25) is 0 Å². The van der Waals surface area contributed by atoms with Crippen LogP contribution in [0.15, 0.2) is 72.8 Å². The van der Waals surface area contributed by atoms with Crippen LogP contribution in [0.2, 0.25) is 0 Å². The largest absolute Gasteiger partial charge is 0.354 e. The Kier molecular flexibility index (Phi) is 2.41. The maximum atomic E-state index is 3.57. The lowest BCUT2D eigenvalue weighted by Crippen LogP contribution is -1.71. The molecule has 0 aliphatic carbocycles. The predicted octanol–water partition coefficient (Wildman–Crippen LogP) is 7.32. The first-order chi connectivity index (χ1) is 13.3. The lowest BCUT2D eigenvalue weighted by Gasteiger charge is -1.96. The van der Waals surface area contributed by atoms with E-state index in [4.69, 9.17) is 0 Å². The highest BCUT2D eigenvalue weighted by molar-refractivity contribution is 7.26. The molecule has 0 saturated heterocycles. The summed E-state index contributed by atoms with van der Waals surface area (Å²) in [6.45, 7) is 0. The molecule has 0 aliphatic rings. The second-order valence-electron chi connectivity index (χ2n) is 7.23. The van der Waals surface area contributed by atoms with Gasteiger partial charge >= 0.3 is 0 Å². The molecule has 7 rings (SSSR count). The number of fused-ring (bicyclic) bond motifs is 9. The smallest absolute Gasteiger partial charge is 0.0479 e.